The Labute approximate surface area is 162 Å². The van der Waals surface area contributed by atoms with Gasteiger partial charge in [0.25, 0.3) is 0 Å². The van der Waals surface area contributed by atoms with Crippen LogP contribution in [0.3, 0.4) is 0 Å². The van der Waals surface area contributed by atoms with Crippen LogP contribution in [0.4, 0.5) is 4.39 Å². The van der Waals surface area contributed by atoms with Gasteiger partial charge in [0, 0.05) is 13.0 Å². The number of aromatic hydroxyl groups is 1. The molecule has 3 aromatic rings. The topological polar surface area (TPSA) is 71.2 Å². The third kappa shape index (κ3) is 3.47. The average Bonchev–Trinajstić information content (AvgIpc) is 3.08. The Balaban J connectivity index is 1.52. The maximum atomic E-state index is 13.4. The van der Waals surface area contributed by atoms with Crippen LogP contribution in [0.2, 0.25) is 0 Å². The molecule has 0 aliphatic carbocycles. The summed E-state index contributed by atoms with van der Waals surface area (Å²) in [6.45, 7) is 2.50. The lowest BCUT2D eigenvalue weighted by Crippen LogP contribution is -2.41. The highest BCUT2D eigenvalue weighted by Crippen LogP contribution is 2.26. The maximum absolute atomic E-state index is 13.4. The zero-order valence-corrected chi connectivity index (χ0v) is 15.5. The molecular formula is C21H21FN4O2. The van der Waals surface area contributed by atoms with Crippen LogP contribution in [0.5, 0.6) is 5.75 Å². The molecular weight excluding hydrogens is 359 g/mol. The van der Waals surface area contributed by atoms with Gasteiger partial charge in [0.2, 0.25) is 5.91 Å². The first-order chi connectivity index (χ1) is 13.5. The molecule has 1 N–H and O–H groups in total. The van der Waals surface area contributed by atoms with Crippen molar-refractivity contribution in [3.05, 3.63) is 77.1 Å². The molecule has 0 fully saturated rings. The van der Waals surface area contributed by atoms with Crippen molar-refractivity contribution in [1.82, 2.24) is 19.7 Å². The molecule has 1 aliphatic rings. The summed E-state index contributed by atoms with van der Waals surface area (Å²) in [7, 11) is 0. The van der Waals surface area contributed by atoms with Gasteiger partial charge >= 0.3 is 0 Å². The number of amides is 1. The Morgan fingerprint density at radius 1 is 1.14 bits per heavy atom. The first kappa shape index (κ1) is 18.2. The average molecular weight is 380 g/mol. The number of carbonyl (C=O) groups excluding carboxylic acids is 1. The number of hydrogen-bond acceptors (Lipinski definition) is 4. The minimum Gasteiger partial charge on any atom is -0.508 e. The second-order valence-electron chi connectivity index (χ2n) is 7.03. The maximum Gasteiger partial charge on any atom is 0.246 e. The van der Waals surface area contributed by atoms with Crippen molar-refractivity contribution in [3.8, 4) is 5.75 Å². The van der Waals surface area contributed by atoms with E-state index < -0.39 is 6.04 Å². The summed E-state index contributed by atoms with van der Waals surface area (Å²) < 4.78 is 15.3. The first-order valence-electron chi connectivity index (χ1n) is 9.25. The molecule has 0 saturated heterocycles. The molecule has 1 aliphatic heterocycles. The van der Waals surface area contributed by atoms with Crippen LogP contribution in [-0.2, 0) is 30.7 Å². The number of hydrogen-bond donors (Lipinski definition) is 1. The summed E-state index contributed by atoms with van der Waals surface area (Å²) in [5.74, 6) is 1.34. The standard InChI is InChI=1S/C21H21FN4O2/c1-14-21(28)25(12-15-5-4-7-17(22)11-15)13-20-24-23-19(26(14)20)10-9-16-6-2-3-8-18(16)27/h2-8,11,14,27H,9-10,12-13H2,1H3/t14-/m0/s1. The largest absolute Gasteiger partial charge is 0.508 e. The number of rotatable bonds is 5. The predicted molar refractivity (Wildman–Crippen MR) is 101 cm³/mol. The highest BCUT2D eigenvalue weighted by atomic mass is 19.1. The Hall–Kier alpha value is -3.22. The van der Waals surface area contributed by atoms with Gasteiger partial charge in [-0.3, -0.25) is 4.79 Å². The van der Waals surface area contributed by atoms with E-state index in [0.717, 1.165) is 22.8 Å². The monoisotopic (exact) mass is 380 g/mol. The summed E-state index contributed by atoms with van der Waals surface area (Å²) in [5.41, 5.74) is 1.58. The lowest BCUT2D eigenvalue weighted by molar-refractivity contribution is -0.137. The quantitative estimate of drug-likeness (QED) is 0.739. The highest BCUT2D eigenvalue weighted by Gasteiger charge is 2.33. The van der Waals surface area contributed by atoms with Gasteiger partial charge in [0.15, 0.2) is 5.82 Å². The van der Waals surface area contributed by atoms with Crippen molar-refractivity contribution in [2.45, 2.75) is 38.9 Å². The van der Waals surface area contributed by atoms with E-state index in [0.29, 0.717) is 25.9 Å². The molecule has 144 valence electrons. The smallest absolute Gasteiger partial charge is 0.246 e. The van der Waals surface area contributed by atoms with Crippen molar-refractivity contribution < 1.29 is 14.3 Å². The summed E-state index contributed by atoms with van der Waals surface area (Å²) in [5, 5.41) is 18.5. The minimum atomic E-state index is -0.424. The summed E-state index contributed by atoms with van der Waals surface area (Å²) in [4.78, 5) is 14.5. The predicted octanol–water partition coefficient (Wildman–Crippen LogP) is 3.01. The van der Waals surface area contributed by atoms with Crippen LogP contribution in [0.25, 0.3) is 0 Å². The van der Waals surface area contributed by atoms with Gasteiger partial charge < -0.3 is 14.6 Å². The van der Waals surface area contributed by atoms with Gasteiger partial charge in [-0.05, 0) is 42.7 Å². The number of halogens is 1. The van der Waals surface area contributed by atoms with Crippen molar-refractivity contribution >= 4 is 5.91 Å². The van der Waals surface area contributed by atoms with Gasteiger partial charge in [0.05, 0.1) is 6.54 Å². The van der Waals surface area contributed by atoms with Crippen molar-refractivity contribution in [2.24, 2.45) is 0 Å². The number of benzene rings is 2. The molecule has 6 nitrogen and oxygen atoms in total. The van der Waals surface area contributed by atoms with Gasteiger partial charge in [-0.2, -0.15) is 0 Å². The number of phenols is 1. The normalized spacial score (nSPS) is 16.3. The zero-order valence-electron chi connectivity index (χ0n) is 15.5. The Kier molecular flexibility index (Phi) is 4.81. The Bertz CT molecular complexity index is 1020. The zero-order chi connectivity index (χ0) is 19.7. The molecule has 0 unspecified atom stereocenters. The number of phenolic OH excluding ortho intramolecular Hbond substituents is 1. The summed E-state index contributed by atoms with van der Waals surface area (Å²) >= 11 is 0. The van der Waals surface area contributed by atoms with Crippen molar-refractivity contribution in [2.75, 3.05) is 0 Å². The number of para-hydroxylation sites is 1. The minimum absolute atomic E-state index is 0.0413. The van der Waals surface area contributed by atoms with Gasteiger partial charge in [0.1, 0.15) is 23.4 Å². The van der Waals surface area contributed by atoms with Crippen LogP contribution < -0.4 is 0 Å². The fourth-order valence-corrected chi connectivity index (χ4v) is 3.67. The van der Waals surface area contributed by atoms with Crippen LogP contribution in [-0.4, -0.2) is 30.7 Å². The molecule has 0 saturated carbocycles. The second-order valence-corrected chi connectivity index (χ2v) is 7.03. The number of carbonyl (C=O) groups is 1. The van der Waals surface area contributed by atoms with E-state index in [1.165, 1.54) is 12.1 Å². The lowest BCUT2D eigenvalue weighted by Gasteiger charge is -2.32. The molecule has 7 heteroatoms. The van der Waals surface area contributed by atoms with Crippen molar-refractivity contribution in [1.29, 1.82) is 0 Å². The number of fused-ring (bicyclic) bond motifs is 1. The van der Waals surface area contributed by atoms with E-state index in [9.17, 15) is 14.3 Å². The first-order valence-corrected chi connectivity index (χ1v) is 9.25. The Morgan fingerprint density at radius 2 is 1.96 bits per heavy atom. The number of aryl methyl sites for hydroxylation is 2. The van der Waals surface area contributed by atoms with E-state index in [4.69, 9.17) is 0 Å². The molecule has 2 aromatic carbocycles. The van der Waals surface area contributed by atoms with Crippen LogP contribution in [0, 0.1) is 5.82 Å². The van der Waals surface area contributed by atoms with Crippen LogP contribution in [0.1, 0.15) is 35.7 Å². The second kappa shape index (κ2) is 7.42. The van der Waals surface area contributed by atoms with Crippen LogP contribution >= 0.6 is 0 Å². The number of aromatic nitrogens is 3. The highest BCUT2D eigenvalue weighted by molar-refractivity contribution is 5.81. The lowest BCUT2D eigenvalue weighted by atomic mass is 10.1. The molecule has 4 rings (SSSR count). The summed E-state index contributed by atoms with van der Waals surface area (Å²) in [6, 6.07) is 13.0. The third-order valence-electron chi connectivity index (χ3n) is 5.10. The molecule has 1 atom stereocenters. The van der Waals surface area contributed by atoms with E-state index in [1.54, 1.807) is 29.2 Å². The van der Waals surface area contributed by atoms with Crippen LogP contribution in [0.15, 0.2) is 48.5 Å². The molecule has 28 heavy (non-hydrogen) atoms. The number of nitrogens with zero attached hydrogens (tertiary/aromatic N) is 4. The van der Waals surface area contributed by atoms with E-state index in [2.05, 4.69) is 10.2 Å². The van der Waals surface area contributed by atoms with Gasteiger partial charge in [-0.25, -0.2) is 4.39 Å². The molecule has 0 radical (unpaired) electrons. The molecule has 2 heterocycles. The Morgan fingerprint density at radius 3 is 2.75 bits per heavy atom. The summed E-state index contributed by atoms with van der Waals surface area (Å²) in [6.07, 6.45) is 1.19. The fraction of sp³-hybridized carbons (Fsp3) is 0.286. The molecule has 1 amide bonds. The SMILES string of the molecule is C[C@H]1C(=O)N(Cc2cccc(F)c2)Cc2nnc(CCc3ccccc3O)n21. The van der Waals surface area contributed by atoms with E-state index in [-0.39, 0.29) is 17.5 Å². The third-order valence-corrected chi connectivity index (χ3v) is 5.10. The molecule has 1 aromatic heterocycles. The van der Waals surface area contributed by atoms with Gasteiger partial charge in [-0.15, -0.1) is 10.2 Å². The van der Waals surface area contributed by atoms with E-state index >= 15 is 0 Å². The van der Waals surface area contributed by atoms with E-state index in [1.807, 2.05) is 23.6 Å². The van der Waals surface area contributed by atoms with Gasteiger partial charge in [-0.1, -0.05) is 30.3 Å². The fourth-order valence-electron chi connectivity index (χ4n) is 3.67. The molecule has 0 bridgehead atoms. The van der Waals surface area contributed by atoms with Crippen molar-refractivity contribution in [3.63, 3.8) is 0 Å². The molecule has 0 spiro atoms.